The SMILES string of the molecule is C[N]CCS(C)(=O)=O. The zero-order valence-electron chi connectivity index (χ0n) is 5.09. The first-order chi connectivity index (χ1) is 3.56. The molecule has 0 heterocycles. The molecule has 3 nitrogen and oxygen atoms in total. The van der Waals surface area contributed by atoms with Gasteiger partial charge < -0.3 is 0 Å². The van der Waals surface area contributed by atoms with E-state index in [4.69, 9.17) is 0 Å². The van der Waals surface area contributed by atoms with Gasteiger partial charge in [0.25, 0.3) is 0 Å². The van der Waals surface area contributed by atoms with Crippen LogP contribution in [0.5, 0.6) is 0 Å². The lowest BCUT2D eigenvalue weighted by atomic mass is 10.8. The molecule has 0 amide bonds. The van der Waals surface area contributed by atoms with Crippen molar-refractivity contribution in [1.82, 2.24) is 5.32 Å². The fourth-order valence-corrected chi connectivity index (χ4v) is 0.771. The maximum absolute atomic E-state index is 10.3. The van der Waals surface area contributed by atoms with E-state index in [-0.39, 0.29) is 5.75 Å². The van der Waals surface area contributed by atoms with Gasteiger partial charge in [-0.15, -0.1) is 0 Å². The van der Waals surface area contributed by atoms with E-state index in [1.807, 2.05) is 0 Å². The Hall–Kier alpha value is -0.0900. The first kappa shape index (κ1) is 7.91. The number of hydrogen-bond acceptors (Lipinski definition) is 2. The third-order valence-electron chi connectivity index (χ3n) is 0.686. The summed E-state index contributed by atoms with van der Waals surface area (Å²) in [6, 6.07) is 0. The zero-order valence-corrected chi connectivity index (χ0v) is 5.90. The summed E-state index contributed by atoms with van der Waals surface area (Å²) in [5.74, 6) is 0.170. The Kier molecular flexibility index (Phi) is 3.01. The van der Waals surface area contributed by atoms with Crippen molar-refractivity contribution < 1.29 is 8.42 Å². The molecule has 0 aliphatic rings. The van der Waals surface area contributed by atoms with E-state index in [0.29, 0.717) is 6.54 Å². The summed E-state index contributed by atoms with van der Waals surface area (Å²) in [6.45, 7) is 0.416. The van der Waals surface area contributed by atoms with Crippen LogP contribution in [0.2, 0.25) is 0 Å². The molecule has 0 bridgehead atoms. The van der Waals surface area contributed by atoms with Gasteiger partial charge in [0, 0.05) is 19.8 Å². The maximum Gasteiger partial charge on any atom is 0.148 e. The van der Waals surface area contributed by atoms with E-state index in [0.717, 1.165) is 0 Å². The zero-order chi connectivity index (χ0) is 6.62. The third kappa shape index (κ3) is 5.91. The van der Waals surface area contributed by atoms with E-state index in [9.17, 15) is 8.42 Å². The monoisotopic (exact) mass is 136 g/mol. The van der Waals surface area contributed by atoms with E-state index in [1.54, 1.807) is 7.05 Å². The Balaban J connectivity index is 3.42. The summed E-state index contributed by atoms with van der Waals surface area (Å²) in [4.78, 5) is 0. The van der Waals surface area contributed by atoms with E-state index in [2.05, 4.69) is 5.32 Å². The van der Waals surface area contributed by atoms with E-state index >= 15 is 0 Å². The van der Waals surface area contributed by atoms with Crippen LogP contribution in [0.3, 0.4) is 0 Å². The normalized spacial score (nSPS) is 11.8. The quantitative estimate of drug-likeness (QED) is 0.513. The van der Waals surface area contributed by atoms with Crippen molar-refractivity contribution in [3.63, 3.8) is 0 Å². The molecule has 0 aromatic carbocycles. The van der Waals surface area contributed by atoms with Crippen molar-refractivity contribution in [3.8, 4) is 0 Å². The molecule has 4 heteroatoms. The fraction of sp³-hybridized carbons (Fsp3) is 1.00. The smallest absolute Gasteiger partial charge is 0.148 e. The first-order valence-electron chi connectivity index (χ1n) is 2.29. The highest BCUT2D eigenvalue weighted by Crippen LogP contribution is 1.77. The Morgan fingerprint density at radius 3 is 2.12 bits per heavy atom. The molecular weight excluding hydrogens is 126 g/mol. The van der Waals surface area contributed by atoms with Gasteiger partial charge >= 0.3 is 0 Å². The van der Waals surface area contributed by atoms with Crippen LogP contribution in [-0.4, -0.2) is 34.0 Å². The lowest BCUT2D eigenvalue weighted by Crippen LogP contribution is -2.13. The van der Waals surface area contributed by atoms with Gasteiger partial charge in [-0.05, 0) is 0 Å². The second-order valence-electron chi connectivity index (χ2n) is 1.67. The molecule has 0 fully saturated rings. The van der Waals surface area contributed by atoms with Gasteiger partial charge in [-0.25, -0.2) is 13.7 Å². The predicted octanol–water partition coefficient (Wildman–Crippen LogP) is -0.735. The molecule has 49 valence electrons. The van der Waals surface area contributed by atoms with Gasteiger partial charge in [-0.3, -0.25) is 0 Å². The van der Waals surface area contributed by atoms with Crippen LogP contribution in [-0.2, 0) is 9.84 Å². The molecule has 0 saturated carbocycles. The highest BCUT2D eigenvalue weighted by molar-refractivity contribution is 7.90. The molecule has 0 atom stereocenters. The molecule has 0 saturated heterocycles. The van der Waals surface area contributed by atoms with Crippen molar-refractivity contribution >= 4 is 9.84 Å². The van der Waals surface area contributed by atoms with Crippen molar-refractivity contribution in [2.24, 2.45) is 0 Å². The standard InChI is InChI=1S/C4H10NO2S/c1-5-3-4-8(2,6)7/h3-4H2,1-2H3. The number of sulfone groups is 1. The van der Waals surface area contributed by atoms with Gasteiger partial charge in [0.05, 0.1) is 5.75 Å². The van der Waals surface area contributed by atoms with E-state index in [1.165, 1.54) is 6.26 Å². The molecule has 0 aromatic heterocycles. The lowest BCUT2D eigenvalue weighted by molar-refractivity contribution is 0.599. The summed E-state index contributed by atoms with van der Waals surface area (Å²) in [7, 11) is -1.18. The highest BCUT2D eigenvalue weighted by Gasteiger charge is 1.98. The summed E-state index contributed by atoms with van der Waals surface area (Å²) in [5.41, 5.74) is 0. The van der Waals surface area contributed by atoms with Crippen LogP contribution >= 0.6 is 0 Å². The van der Waals surface area contributed by atoms with Gasteiger partial charge in [-0.1, -0.05) is 0 Å². The molecule has 0 aromatic rings. The van der Waals surface area contributed by atoms with Crippen molar-refractivity contribution in [1.29, 1.82) is 0 Å². The van der Waals surface area contributed by atoms with Gasteiger partial charge in [-0.2, -0.15) is 0 Å². The summed E-state index contributed by atoms with van der Waals surface area (Å²) >= 11 is 0. The van der Waals surface area contributed by atoms with E-state index < -0.39 is 9.84 Å². The molecular formula is C4H10NO2S. The second kappa shape index (κ2) is 3.04. The van der Waals surface area contributed by atoms with Crippen LogP contribution in [0.1, 0.15) is 0 Å². The predicted molar refractivity (Wildman–Crippen MR) is 32.6 cm³/mol. The average molecular weight is 136 g/mol. The Labute approximate surface area is 50.0 Å². The maximum atomic E-state index is 10.3. The summed E-state index contributed by atoms with van der Waals surface area (Å²) in [6.07, 6.45) is 1.21. The minimum Gasteiger partial charge on any atom is -0.244 e. The second-order valence-corrected chi connectivity index (χ2v) is 3.93. The fourth-order valence-electron chi connectivity index (χ4n) is 0.257. The Bertz CT molecular complexity index is 138. The third-order valence-corrected chi connectivity index (χ3v) is 1.61. The van der Waals surface area contributed by atoms with Gasteiger partial charge in [0.2, 0.25) is 0 Å². The number of hydrogen-bond donors (Lipinski definition) is 0. The van der Waals surface area contributed by atoms with Crippen LogP contribution in [0.15, 0.2) is 0 Å². The van der Waals surface area contributed by atoms with Crippen molar-refractivity contribution in [2.75, 3.05) is 25.6 Å². The highest BCUT2D eigenvalue weighted by atomic mass is 32.2. The number of nitrogens with zero attached hydrogens (tertiary/aromatic N) is 1. The summed E-state index contributed by atoms with van der Waals surface area (Å²) < 4.78 is 20.7. The topological polar surface area (TPSA) is 48.2 Å². The molecule has 0 rings (SSSR count). The molecule has 0 aliphatic carbocycles. The largest absolute Gasteiger partial charge is 0.244 e. The molecule has 0 N–H and O–H groups in total. The van der Waals surface area contributed by atoms with Crippen LogP contribution in [0, 0.1) is 0 Å². The van der Waals surface area contributed by atoms with Crippen molar-refractivity contribution in [3.05, 3.63) is 0 Å². The first-order valence-corrected chi connectivity index (χ1v) is 4.35. The van der Waals surface area contributed by atoms with Crippen LogP contribution in [0.25, 0.3) is 0 Å². The minimum atomic E-state index is -2.78. The van der Waals surface area contributed by atoms with Crippen LogP contribution < -0.4 is 5.32 Å². The molecule has 8 heavy (non-hydrogen) atoms. The Morgan fingerprint density at radius 1 is 1.50 bits per heavy atom. The van der Waals surface area contributed by atoms with Gasteiger partial charge in [0.1, 0.15) is 9.84 Å². The van der Waals surface area contributed by atoms with Crippen LogP contribution in [0.4, 0.5) is 0 Å². The average Bonchev–Trinajstić information content (AvgIpc) is 1.59. The molecule has 1 radical (unpaired) electrons. The number of rotatable bonds is 3. The minimum absolute atomic E-state index is 0.170. The molecule has 0 spiro atoms. The Morgan fingerprint density at radius 2 is 2.00 bits per heavy atom. The van der Waals surface area contributed by atoms with Gasteiger partial charge in [0.15, 0.2) is 0 Å². The summed E-state index contributed by atoms with van der Waals surface area (Å²) in [5, 5.41) is 3.64. The molecule has 0 unspecified atom stereocenters. The molecule has 0 aliphatic heterocycles. The van der Waals surface area contributed by atoms with Crippen molar-refractivity contribution in [2.45, 2.75) is 0 Å². The lowest BCUT2D eigenvalue weighted by Gasteiger charge is -1.91.